The van der Waals surface area contributed by atoms with Crippen LogP contribution in [-0.4, -0.2) is 23.8 Å². The Balaban J connectivity index is 4.19. The number of rotatable bonds is 2. The van der Waals surface area contributed by atoms with Crippen LogP contribution in [0.2, 0.25) is 0 Å². The van der Waals surface area contributed by atoms with Gasteiger partial charge < -0.3 is 5.11 Å². The zero-order chi connectivity index (χ0) is 7.44. The Hall–Kier alpha value is -0.860. The highest BCUT2D eigenvalue weighted by Gasteiger charge is 2.11. The third-order valence-electron chi connectivity index (χ3n) is 1.01. The minimum Gasteiger partial charge on any atom is -0.477 e. The molecule has 3 nitrogen and oxygen atoms in total. The van der Waals surface area contributed by atoms with Crippen LogP contribution in [0.1, 0.15) is 13.8 Å². The van der Waals surface area contributed by atoms with E-state index < -0.39 is 5.97 Å². The van der Waals surface area contributed by atoms with E-state index in [1.807, 2.05) is 0 Å². The molecule has 0 spiro atoms. The number of hydrogen-bond donors (Lipinski definition) is 1. The topological polar surface area (TPSA) is 49.7 Å². The van der Waals surface area contributed by atoms with Gasteiger partial charge in [0.25, 0.3) is 0 Å². The lowest BCUT2D eigenvalue weighted by molar-refractivity contribution is -0.129. The van der Waals surface area contributed by atoms with Gasteiger partial charge in [0, 0.05) is 13.0 Å². The fraction of sp³-hybridized carbons (Fsp3) is 0.667. The molecule has 0 rings (SSSR count). The Labute approximate surface area is 54.4 Å². The second-order valence-electron chi connectivity index (χ2n) is 2.07. The van der Waals surface area contributed by atoms with Gasteiger partial charge in [0.15, 0.2) is 0 Å². The van der Waals surface area contributed by atoms with Crippen LogP contribution in [0.25, 0.3) is 0 Å². The molecule has 0 bridgehead atoms. The second kappa shape index (κ2) is 3.22. The highest BCUT2D eigenvalue weighted by Crippen LogP contribution is 1.95. The lowest BCUT2D eigenvalue weighted by Gasteiger charge is -2.01. The van der Waals surface area contributed by atoms with Crippen LogP contribution in [-0.2, 0) is 4.79 Å². The number of aliphatic imine (C=N–C) groups is 1. The van der Waals surface area contributed by atoms with Crippen LogP contribution < -0.4 is 0 Å². The molecule has 52 valence electrons. The Kier molecular flexibility index (Phi) is 2.91. The number of aliphatic carboxylic acids is 1. The van der Waals surface area contributed by atoms with E-state index in [1.54, 1.807) is 13.8 Å². The summed E-state index contributed by atoms with van der Waals surface area (Å²) in [5, 5.41) is 8.41. The van der Waals surface area contributed by atoms with E-state index in [9.17, 15) is 4.79 Å². The molecule has 3 heteroatoms. The molecule has 0 aromatic rings. The van der Waals surface area contributed by atoms with Crippen molar-refractivity contribution < 1.29 is 9.90 Å². The van der Waals surface area contributed by atoms with Crippen LogP contribution in [0.4, 0.5) is 0 Å². The average molecular weight is 129 g/mol. The zero-order valence-corrected chi connectivity index (χ0v) is 5.88. The van der Waals surface area contributed by atoms with Crippen molar-refractivity contribution in [2.75, 3.05) is 7.05 Å². The van der Waals surface area contributed by atoms with Crippen LogP contribution in [0, 0.1) is 5.92 Å². The lowest BCUT2D eigenvalue weighted by Crippen LogP contribution is -2.18. The molecule has 0 radical (unpaired) electrons. The van der Waals surface area contributed by atoms with Gasteiger partial charge in [-0.05, 0) is 0 Å². The molecule has 0 aromatic carbocycles. The van der Waals surface area contributed by atoms with Crippen LogP contribution in [0.5, 0.6) is 0 Å². The van der Waals surface area contributed by atoms with Gasteiger partial charge in [-0.1, -0.05) is 13.8 Å². The summed E-state index contributed by atoms with van der Waals surface area (Å²) < 4.78 is 0. The predicted molar refractivity (Wildman–Crippen MR) is 35.8 cm³/mol. The molecule has 0 fully saturated rings. The molecule has 0 amide bonds. The van der Waals surface area contributed by atoms with Gasteiger partial charge in [-0.25, -0.2) is 4.79 Å². The number of carboxylic acid groups (broad SMARTS) is 1. The fourth-order valence-corrected chi connectivity index (χ4v) is 0.601. The number of carbonyl (C=O) groups is 1. The van der Waals surface area contributed by atoms with Gasteiger partial charge in [-0.3, -0.25) is 4.99 Å². The molecule has 0 saturated heterocycles. The largest absolute Gasteiger partial charge is 0.477 e. The number of hydrogen-bond acceptors (Lipinski definition) is 2. The van der Waals surface area contributed by atoms with Crippen LogP contribution in [0.15, 0.2) is 4.99 Å². The minimum atomic E-state index is -0.924. The summed E-state index contributed by atoms with van der Waals surface area (Å²) >= 11 is 0. The van der Waals surface area contributed by atoms with Crippen molar-refractivity contribution >= 4 is 11.7 Å². The van der Waals surface area contributed by atoms with Crippen LogP contribution in [0.3, 0.4) is 0 Å². The van der Waals surface area contributed by atoms with Crippen molar-refractivity contribution in [3.8, 4) is 0 Å². The molecular formula is C6H11NO2. The van der Waals surface area contributed by atoms with E-state index >= 15 is 0 Å². The zero-order valence-electron chi connectivity index (χ0n) is 5.88. The van der Waals surface area contributed by atoms with Gasteiger partial charge in [0.05, 0.1) is 0 Å². The summed E-state index contributed by atoms with van der Waals surface area (Å²) in [4.78, 5) is 13.8. The monoisotopic (exact) mass is 129 g/mol. The molecule has 0 aromatic heterocycles. The standard InChI is InChI=1S/C6H11NO2/c1-4(2)5(7-3)6(8)9/h4H,1-3H3,(H,8,9). The van der Waals surface area contributed by atoms with E-state index in [1.165, 1.54) is 7.05 Å². The van der Waals surface area contributed by atoms with E-state index in [2.05, 4.69) is 4.99 Å². The van der Waals surface area contributed by atoms with Gasteiger partial charge in [-0.2, -0.15) is 0 Å². The summed E-state index contributed by atoms with van der Waals surface area (Å²) in [6, 6.07) is 0. The molecule has 0 saturated carbocycles. The van der Waals surface area contributed by atoms with Crippen molar-refractivity contribution in [2.45, 2.75) is 13.8 Å². The maximum absolute atomic E-state index is 10.2. The lowest BCUT2D eigenvalue weighted by atomic mass is 10.1. The first kappa shape index (κ1) is 8.14. The maximum atomic E-state index is 10.2. The summed E-state index contributed by atoms with van der Waals surface area (Å²) in [6.45, 7) is 3.60. The van der Waals surface area contributed by atoms with E-state index in [4.69, 9.17) is 5.11 Å². The van der Waals surface area contributed by atoms with Crippen molar-refractivity contribution in [1.29, 1.82) is 0 Å². The maximum Gasteiger partial charge on any atom is 0.350 e. The highest BCUT2D eigenvalue weighted by atomic mass is 16.4. The Morgan fingerprint density at radius 2 is 2.00 bits per heavy atom. The third kappa shape index (κ3) is 2.26. The molecule has 0 unspecified atom stereocenters. The van der Waals surface area contributed by atoms with E-state index in [0.29, 0.717) is 0 Å². The molecule has 1 N–H and O–H groups in total. The van der Waals surface area contributed by atoms with Crippen molar-refractivity contribution in [2.24, 2.45) is 10.9 Å². The Morgan fingerprint density at radius 1 is 1.56 bits per heavy atom. The van der Waals surface area contributed by atoms with E-state index in [-0.39, 0.29) is 11.6 Å². The van der Waals surface area contributed by atoms with Gasteiger partial charge in [0.2, 0.25) is 0 Å². The van der Waals surface area contributed by atoms with Crippen molar-refractivity contribution in [1.82, 2.24) is 0 Å². The fourth-order valence-electron chi connectivity index (χ4n) is 0.601. The summed E-state index contributed by atoms with van der Waals surface area (Å²) in [5.74, 6) is -0.917. The van der Waals surface area contributed by atoms with Gasteiger partial charge >= 0.3 is 5.97 Å². The number of nitrogens with zero attached hydrogens (tertiary/aromatic N) is 1. The van der Waals surface area contributed by atoms with Gasteiger partial charge in [0.1, 0.15) is 5.71 Å². The SMILES string of the molecule is CN=C(C(=O)O)C(C)C. The Bertz CT molecular complexity index is 138. The first-order chi connectivity index (χ1) is 4.09. The van der Waals surface area contributed by atoms with Crippen molar-refractivity contribution in [3.63, 3.8) is 0 Å². The molecule has 0 heterocycles. The first-order valence-corrected chi connectivity index (χ1v) is 2.79. The molecular weight excluding hydrogens is 118 g/mol. The van der Waals surface area contributed by atoms with Crippen LogP contribution >= 0.6 is 0 Å². The normalized spacial score (nSPS) is 12.2. The second-order valence-corrected chi connectivity index (χ2v) is 2.07. The molecule has 0 atom stereocenters. The molecule has 0 aliphatic heterocycles. The highest BCUT2D eigenvalue weighted by molar-refractivity contribution is 6.36. The molecule has 0 aliphatic rings. The first-order valence-electron chi connectivity index (χ1n) is 2.79. The summed E-state index contributed by atoms with van der Waals surface area (Å²) in [5.41, 5.74) is 0.231. The smallest absolute Gasteiger partial charge is 0.350 e. The minimum absolute atomic E-state index is 0.00694. The van der Waals surface area contributed by atoms with E-state index in [0.717, 1.165) is 0 Å². The average Bonchev–Trinajstić information content (AvgIpc) is 1.64. The number of carboxylic acids is 1. The predicted octanol–water partition coefficient (Wildman–Crippen LogP) is 0.798. The summed E-state index contributed by atoms with van der Waals surface area (Å²) in [6.07, 6.45) is 0. The third-order valence-corrected chi connectivity index (χ3v) is 1.01. The van der Waals surface area contributed by atoms with Crippen molar-refractivity contribution in [3.05, 3.63) is 0 Å². The quantitative estimate of drug-likeness (QED) is 0.560. The molecule has 0 aliphatic carbocycles. The summed E-state index contributed by atoms with van der Waals surface area (Å²) in [7, 11) is 1.49. The molecule has 9 heavy (non-hydrogen) atoms. The van der Waals surface area contributed by atoms with Gasteiger partial charge in [-0.15, -0.1) is 0 Å². The Morgan fingerprint density at radius 3 is 2.00 bits per heavy atom.